The van der Waals surface area contributed by atoms with Crippen molar-refractivity contribution < 1.29 is 14.7 Å². The Kier molecular flexibility index (Phi) is 5.54. The second-order valence-electron chi connectivity index (χ2n) is 6.75. The number of aliphatic carboxylic acids is 1. The summed E-state index contributed by atoms with van der Waals surface area (Å²) in [5.74, 6) is -1.26. The number of hydrogen-bond donors (Lipinski definition) is 1. The van der Waals surface area contributed by atoms with Crippen LogP contribution in [0.1, 0.15) is 36.4 Å². The van der Waals surface area contributed by atoms with Gasteiger partial charge in [0.2, 0.25) is 5.91 Å². The molecule has 2 aromatic rings. The van der Waals surface area contributed by atoms with Crippen LogP contribution in [0.4, 0.5) is 5.69 Å². The maximum atomic E-state index is 12.6. The van der Waals surface area contributed by atoms with Gasteiger partial charge in [0.25, 0.3) is 0 Å². The molecule has 0 aromatic heterocycles. The largest absolute Gasteiger partial charge is 0.481 e. The summed E-state index contributed by atoms with van der Waals surface area (Å²) in [6.07, 6.45) is 0.342. The number of carboxylic acids is 1. The predicted molar refractivity (Wildman–Crippen MR) is 105 cm³/mol. The molecule has 6 heteroatoms. The fraction of sp³-hybridized carbons (Fsp3) is 0.286. The third-order valence-corrected chi connectivity index (χ3v) is 4.62. The first kappa shape index (κ1) is 18.6. The van der Waals surface area contributed by atoms with Gasteiger partial charge < -0.3 is 10.0 Å². The fourth-order valence-electron chi connectivity index (χ4n) is 3.13. The Hall–Kier alpha value is -3.15. The number of carbonyl (C=O) groups is 2. The lowest BCUT2D eigenvalue weighted by atomic mass is 9.98. The predicted octanol–water partition coefficient (Wildman–Crippen LogP) is 3.30. The lowest BCUT2D eigenvalue weighted by Gasteiger charge is -2.22. The Balaban J connectivity index is 1.88. The van der Waals surface area contributed by atoms with Crippen LogP contribution in [0.15, 0.2) is 59.7 Å². The topological polar surface area (TPSA) is 73.2 Å². The van der Waals surface area contributed by atoms with Crippen LogP contribution < -0.4 is 4.90 Å². The summed E-state index contributed by atoms with van der Waals surface area (Å²) >= 11 is 0. The van der Waals surface area contributed by atoms with E-state index in [-0.39, 0.29) is 24.8 Å². The first-order chi connectivity index (χ1) is 13.0. The van der Waals surface area contributed by atoms with E-state index in [1.165, 1.54) is 5.01 Å². The molecule has 1 N–H and O–H groups in total. The van der Waals surface area contributed by atoms with Gasteiger partial charge in [-0.3, -0.25) is 9.59 Å². The number of hydrogen-bond acceptors (Lipinski definition) is 4. The van der Waals surface area contributed by atoms with Crippen molar-refractivity contribution in [2.24, 2.45) is 5.10 Å². The van der Waals surface area contributed by atoms with Gasteiger partial charge in [-0.2, -0.15) is 5.10 Å². The Labute approximate surface area is 158 Å². The van der Waals surface area contributed by atoms with Gasteiger partial charge in [-0.05, 0) is 23.3 Å². The van der Waals surface area contributed by atoms with Crippen molar-refractivity contribution in [3.05, 3.63) is 65.7 Å². The first-order valence-electron chi connectivity index (χ1n) is 8.89. The van der Waals surface area contributed by atoms with Crippen molar-refractivity contribution in [3.8, 4) is 0 Å². The van der Waals surface area contributed by atoms with E-state index in [0.29, 0.717) is 6.42 Å². The van der Waals surface area contributed by atoms with Crippen LogP contribution in [0.3, 0.4) is 0 Å². The molecule has 0 fully saturated rings. The molecule has 1 atom stereocenters. The molecule has 0 spiro atoms. The van der Waals surface area contributed by atoms with Crippen molar-refractivity contribution in [2.75, 3.05) is 19.0 Å². The van der Waals surface area contributed by atoms with E-state index in [9.17, 15) is 9.59 Å². The first-order valence-corrected chi connectivity index (χ1v) is 8.89. The van der Waals surface area contributed by atoms with Crippen molar-refractivity contribution in [1.82, 2.24) is 5.01 Å². The van der Waals surface area contributed by atoms with Gasteiger partial charge in [-0.25, -0.2) is 5.01 Å². The number of hydrazone groups is 1. The number of anilines is 1. The van der Waals surface area contributed by atoms with Gasteiger partial charge >= 0.3 is 5.97 Å². The average Bonchev–Trinajstić information content (AvgIpc) is 3.12. The highest BCUT2D eigenvalue weighted by Gasteiger charge is 2.33. The molecule has 1 aliphatic heterocycles. The van der Waals surface area contributed by atoms with E-state index < -0.39 is 5.97 Å². The summed E-state index contributed by atoms with van der Waals surface area (Å²) in [5.41, 5.74) is 3.87. The van der Waals surface area contributed by atoms with Crippen LogP contribution in [0.2, 0.25) is 0 Å². The smallest absolute Gasteiger partial charge is 0.303 e. The van der Waals surface area contributed by atoms with E-state index in [0.717, 1.165) is 22.5 Å². The standard InChI is InChI=1S/C21H23N3O3/c1-23(2)17-10-8-16(9-11-17)19-14-18(15-6-4-3-5-7-15)22-24(19)20(25)12-13-21(26)27/h3-11,19H,12-14H2,1-2H3,(H,26,27)/t19-/m0/s1. The Morgan fingerprint density at radius 2 is 1.74 bits per heavy atom. The molecular weight excluding hydrogens is 342 g/mol. The van der Waals surface area contributed by atoms with Gasteiger partial charge in [0.1, 0.15) is 0 Å². The van der Waals surface area contributed by atoms with Crippen LogP contribution in [0.25, 0.3) is 0 Å². The number of rotatable bonds is 6. The van der Waals surface area contributed by atoms with E-state index in [1.807, 2.05) is 73.6 Å². The zero-order chi connectivity index (χ0) is 19.4. The lowest BCUT2D eigenvalue weighted by molar-refractivity contribution is -0.141. The van der Waals surface area contributed by atoms with Crippen molar-refractivity contribution in [2.45, 2.75) is 25.3 Å². The quantitative estimate of drug-likeness (QED) is 0.852. The maximum Gasteiger partial charge on any atom is 0.303 e. The molecule has 0 saturated carbocycles. The molecule has 6 nitrogen and oxygen atoms in total. The molecule has 0 aliphatic carbocycles. The van der Waals surface area contributed by atoms with Crippen LogP contribution >= 0.6 is 0 Å². The summed E-state index contributed by atoms with van der Waals surface area (Å²) in [5, 5.41) is 14.9. The summed E-state index contributed by atoms with van der Waals surface area (Å²) in [6.45, 7) is 0. The lowest BCUT2D eigenvalue weighted by Crippen LogP contribution is -2.27. The molecule has 140 valence electrons. The second-order valence-corrected chi connectivity index (χ2v) is 6.75. The van der Waals surface area contributed by atoms with Crippen molar-refractivity contribution >= 4 is 23.3 Å². The molecule has 1 amide bonds. The van der Waals surface area contributed by atoms with Crippen LogP contribution in [-0.2, 0) is 9.59 Å². The van der Waals surface area contributed by atoms with E-state index in [1.54, 1.807) is 0 Å². The number of benzene rings is 2. The SMILES string of the molecule is CN(C)c1ccc([C@@H]2CC(c3ccccc3)=NN2C(=O)CCC(=O)O)cc1. The highest BCUT2D eigenvalue weighted by atomic mass is 16.4. The zero-order valence-corrected chi connectivity index (χ0v) is 15.5. The van der Waals surface area contributed by atoms with E-state index >= 15 is 0 Å². The minimum atomic E-state index is -0.985. The molecule has 27 heavy (non-hydrogen) atoms. The molecular formula is C21H23N3O3. The third-order valence-electron chi connectivity index (χ3n) is 4.62. The minimum absolute atomic E-state index is 0.0623. The van der Waals surface area contributed by atoms with Gasteiger partial charge in [0, 0.05) is 32.6 Å². The van der Waals surface area contributed by atoms with E-state index in [4.69, 9.17) is 5.11 Å². The van der Waals surface area contributed by atoms with Crippen LogP contribution in [-0.4, -0.2) is 41.8 Å². The Bertz CT molecular complexity index is 845. The maximum absolute atomic E-state index is 12.6. The normalized spacial score (nSPS) is 16.1. The van der Waals surface area contributed by atoms with E-state index in [2.05, 4.69) is 5.10 Å². The summed E-state index contributed by atoms with van der Waals surface area (Å²) in [4.78, 5) is 25.5. The van der Waals surface area contributed by atoms with Crippen LogP contribution in [0, 0.1) is 0 Å². The summed E-state index contributed by atoms with van der Waals surface area (Å²) in [7, 11) is 3.95. The number of nitrogens with zero attached hydrogens (tertiary/aromatic N) is 3. The highest BCUT2D eigenvalue weighted by Crippen LogP contribution is 2.34. The van der Waals surface area contributed by atoms with Gasteiger partial charge in [0.05, 0.1) is 18.2 Å². The molecule has 0 bridgehead atoms. The average molecular weight is 365 g/mol. The fourth-order valence-corrected chi connectivity index (χ4v) is 3.13. The molecule has 1 aliphatic rings. The second kappa shape index (κ2) is 8.03. The minimum Gasteiger partial charge on any atom is -0.481 e. The molecule has 0 radical (unpaired) electrons. The zero-order valence-electron chi connectivity index (χ0n) is 15.5. The monoisotopic (exact) mass is 365 g/mol. The van der Waals surface area contributed by atoms with Crippen LogP contribution in [0.5, 0.6) is 0 Å². The van der Waals surface area contributed by atoms with Gasteiger partial charge in [-0.15, -0.1) is 0 Å². The summed E-state index contributed by atoms with van der Waals surface area (Å²) < 4.78 is 0. The Morgan fingerprint density at radius 3 is 2.33 bits per heavy atom. The molecule has 1 heterocycles. The van der Waals surface area contributed by atoms with Crippen molar-refractivity contribution in [3.63, 3.8) is 0 Å². The number of amides is 1. The molecule has 3 rings (SSSR count). The third kappa shape index (κ3) is 4.34. The number of carboxylic acid groups (broad SMARTS) is 1. The highest BCUT2D eigenvalue weighted by molar-refractivity contribution is 6.03. The Morgan fingerprint density at radius 1 is 1.07 bits per heavy atom. The summed E-state index contributed by atoms with van der Waals surface area (Å²) in [6, 6.07) is 17.5. The van der Waals surface area contributed by atoms with Gasteiger partial charge in [-0.1, -0.05) is 42.5 Å². The molecule has 0 unspecified atom stereocenters. The van der Waals surface area contributed by atoms with Crippen molar-refractivity contribution in [1.29, 1.82) is 0 Å². The molecule has 2 aromatic carbocycles. The van der Waals surface area contributed by atoms with Gasteiger partial charge in [0.15, 0.2) is 0 Å². The molecule has 0 saturated heterocycles. The number of carbonyl (C=O) groups excluding carboxylic acids is 1.